The number of carbonyl (C=O) groups excluding carboxylic acids is 1. The highest BCUT2D eigenvalue weighted by Gasteiger charge is 2.10. The normalized spacial score (nSPS) is 10.4. The fraction of sp³-hybridized carbons (Fsp3) is 0.333. The average molecular weight is 252 g/mol. The molecule has 1 aromatic carbocycles. The van der Waals surface area contributed by atoms with Gasteiger partial charge in [0.25, 0.3) is 0 Å². The molecule has 0 saturated heterocycles. The first-order valence-corrected chi connectivity index (χ1v) is 5.41. The Hall–Kier alpha value is -2.08. The number of nitrogens with zero attached hydrogens (tertiary/aromatic N) is 1. The number of amides is 1. The van der Waals surface area contributed by atoms with Gasteiger partial charge < -0.3 is 20.4 Å². The van der Waals surface area contributed by atoms with Crippen LogP contribution < -0.4 is 5.32 Å². The van der Waals surface area contributed by atoms with Crippen molar-refractivity contribution in [2.24, 2.45) is 0 Å². The second-order valence-electron chi connectivity index (χ2n) is 4.14. The molecule has 1 rings (SSSR count). The van der Waals surface area contributed by atoms with Gasteiger partial charge >= 0.3 is 5.97 Å². The molecule has 0 bridgehead atoms. The van der Waals surface area contributed by atoms with E-state index in [9.17, 15) is 14.7 Å². The highest BCUT2D eigenvalue weighted by Crippen LogP contribution is 2.21. The Morgan fingerprint density at radius 2 is 2.00 bits per heavy atom. The lowest BCUT2D eigenvalue weighted by Crippen LogP contribution is -2.20. The highest BCUT2D eigenvalue weighted by atomic mass is 16.4. The Morgan fingerprint density at radius 3 is 2.50 bits per heavy atom. The lowest BCUT2D eigenvalue weighted by atomic mass is 10.2. The molecule has 0 aliphatic rings. The van der Waals surface area contributed by atoms with E-state index in [1.165, 1.54) is 18.2 Å². The number of carboxylic acids is 1. The number of rotatable bonds is 5. The molecule has 18 heavy (non-hydrogen) atoms. The first kappa shape index (κ1) is 14.0. The molecule has 0 fully saturated rings. The molecule has 0 aliphatic heterocycles. The third-order valence-corrected chi connectivity index (χ3v) is 2.30. The van der Waals surface area contributed by atoms with Crippen LogP contribution in [0.2, 0.25) is 0 Å². The maximum absolute atomic E-state index is 11.5. The molecule has 0 saturated carbocycles. The lowest BCUT2D eigenvalue weighted by Gasteiger charge is -2.10. The first-order valence-electron chi connectivity index (χ1n) is 5.41. The van der Waals surface area contributed by atoms with Crippen LogP contribution >= 0.6 is 0 Å². The van der Waals surface area contributed by atoms with E-state index in [-0.39, 0.29) is 17.2 Å². The molecule has 3 N–H and O–H groups in total. The Kier molecular flexibility index (Phi) is 4.67. The van der Waals surface area contributed by atoms with Crippen LogP contribution in [-0.2, 0) is 4.79 Å². The largest absolute Gasteiger partial charge is 0.507 e. The van der Waals surface area contributed by atoms with Crippen molar-refractivity contribution >= 4 is 17.6 Å². The van der Waals surface area contributed by atoms with Crippen LogP contribution in [0, 0.1) is 0 Å². The van der Waals surface area contributed by atoms with Crippen molar-refractivity contribution in [3.8, 4) is 5.75 Å². The van der Waals surface area contributed by atoms with Crippen molar-refractivity contribution in [1.29, 1.82) is 0 Å². The highest BCUT2D eigenvalue weighted by molar-refractivity contribution is 5.94. The standard InChI is InChI=1S/C12H16N2O4/c1-14(2)6-5-11(16)13-8-3-4-9(12(17)18)10(15)7-8/h3-4,7,15H,5-6H2,1-2H3,(H,13,16)(H,17,18). The summed E-state index contributed by atoms with van der Waals surface area (Å²) in [5.74, 6) is -1.77. The molecule has 0 radical (unpaired) electrons. The number of carbonyl (C=O) groups is 2. The summed E-state index contributed by atoms with van der Waals surface area (Å²) in [4.78, 5) is 24.1. The lowest BCUT2D eigenvalue weighted by molar-refractivity contribution is -0.116. The van der Waals surface area contributed by atoms with Crippen molar-refractivity contribution in [3.05, 3.63) is 23.8 Å². The number of hydrogen-bond acceptors (Lipinski definition) is 4. The Morgan fingerprint density at radius 1 is 1.33 bits per heavy atom. The van der Waals surface area contributed by atoms with E-state index < -0.39 is 5.97 Å². The summed E-state index contributed by atoms with van der Waals surface area (Å²) in [5, 5.41) is 20.8. The van der Waals surface area contributed by atoms with Gasteiger partial charge in [-0.25, -0.2) is 4.79 Å². The first-order chi connectivity index (χ1) is 8.40. The van der Waals surface area contributed by atoms with E-state index in [0.717, 1.165) is 0 Å². The van der Waals surface area contributed by atoms with Crippen molar-refractivity contribution < 1.29 is 19.8 Å². The summed E-state index contributed by atoms with van der Waals surface area (Å²) >= 11 is 0. The van der Waals surface area contributed by atoms with Crippen LogP contribution in [0.3, 0.4) is 0 Å². The minimum atomic E-state index is -1.21. The molecule has 0 spiro atoms. The third kappa shape index (κ3) is 4.06. The maximum Gasteiger partial charge on any atom is 0.339 e. The zero-order valence-corrected chi connectivity index (χ0v) is 10.3. The fourth-order valence-electron chi connectivity index (χ4n) is 1.34. The molecule has 98 valence electrons. The van der Waals surface area contributed by atoms with Crippen molar-refractivity contribution in [1.82, 2.24) is 4.90 Å². The second kappa shape index (κ2) is 6.02. The predicted octanol–water partition coefficient (Wildman–Crippen LogP) is 0.981. The number of carboxylic acid groups (broad SMARTS) is 1. The zero-order valence-electron chi connectivity index (χ0n) is 10.3. The summed E-state index contributed by atoms with van der Waals surface area (Å²) < 4.78 is 0. The van der Waals surface area contributed by atoms with Crippen LogP contribution in [0.25, 0.3) is 0 Å². The van der Waals surface area contributed by atoms with Gasteiger partial charge in [-0.1, -0.05) is 0 Å². The summed E-state index contributed by atoms with van der Waals surface area (Å²) in [6, 6.07) is 3.91. The minimum Gasteiger partial charge on any atom is -0.507 e. The Bertz CT molecular complexity index is 457. The molecular weight excluding hydrogens is 236 g/mol. The van der Waals surface area contributed by atoms with Gasteiger partial charge in [0, 0.05) is 24.7 Å². The van der Waals surface area contributed by atoms with Gasteiger partial charge in [-0.3, -0.25) is 4.79 Å². The van der Waals surface area contributed by atoms with Crippen molar-refractivity contribution in [2.45, 2.75) is 6.42 Å². The van der Waals surface area contributed by atoms with Gasteiger partial charge in [-0.15, -0.1) is 0 Å². The maximum atomic E-state index is 11.5. The van der Waals surface area contributed by atoms with E-state index in [2.05, 4.69) is 5.32 Å². The number of aromatic hydroxyl groups is 1. The van der Waals surface area contributed by atoms with Gasteiger partial charge in [-0.05, 0) is 26.2 Å². The molecular formula is C12H16N2O4. The van der Waals surface area contributed by atoms with E-state index in [1.54, 1.807) is 0 Å². The van der Waals surface area contributed by atoms with Crippen LogP contribution in [-0.4, -0.2) is 47.6 Å². The average Bonchev–Trinajstić information content (AvgIpc) is 2.26. The number of hydrogen-bond donors (Lipinski definition) is 3. The van der Waals surface area contributed by atoms with Crippen LogP contribution in [0.5, 0.6) is 5.75 Å². The number of anilines is 1. The molecule has 1 aromatic rings. The summed E-state index contributed by atoms with van der Waals surface area (Å²) in [5.41, 5.74) is 0.183. The summed E-state index contributed by atoms with van der Waals surface area (Å²) in [6.45, 7) is 0.616. The minimum absolute atomic E-state index is 0.189. The molecule has 0 heterocycles. The number of phenols is 1. The number of aromatic carboxylic acids is 1. The monoisotopic (exact) mass is 252 g/mol. The quantitative estimate of drug-likeness (QED) is 0.726. The van der Waals surface area contributed by atoms with Gasteiger partial charge in [-0.2, -0.15) is 0 Å². The van der Waals surface area contributed by atoms with Gasteiger partial charge in [0.15, 0.2) is 0 Å². The van der Waals surface area contributed by atoms with Gasteiger partial charge in [0.2, 0.25) is 5.91 Å². The topological polar surface area (TPSA) is 89.9 Å². The smallest absolute Gasteiger partial charge is 0.339 e. The molecule has 6 nitrogen and oxygen atoms in total. The van der Waals surface area contributed by atoms with Crippen molar-refractivity contribution in [2.75, 3.05) is 26.0 Å². The summed E-state index contributed by atoms with van der Waals surface area (Å²) in [6.07, 6.45) is 0.328. The summed E-state index contributed by atoms with van der Waals surface area (Å²) in [7, 11) is 3.72. The van der Waals surface area contributed by atoms with E-state index in [4.69, 9.17) is 5.11 Å². The van der Waals surface area contributed by atoms with Crippen LogP contribution in [0.4, 0.5) is 5.69 Å². The predicted molar refractivity (Wildman–Crippen MR) is 66.9 cm³/mol. The van der Waals surface area contributed by atoms with Crippen LogP contribution in [0.1, 0.15) is 16.8 Å². The van der Waals surface area contributed by atoms with Crippen molar-refractivity contribution in [3.63, 3.8) is 0 Å². The van der Waals surface area contributed by atoms with E-state index in [1.807, 2.05) is 19.0 Å². The van der Waals surface area contributed by atoms with E-state index >= 15 is 0 Å². The van der Waals surface area contributed by atoms with Crippen LogP contribution in [0.15, 0.2) is 18.2 Å². The number of nitrogens with one attached hydrogen (secondary N) is 1. The number of benzene rings is 1. The second-order valence-corrected chi connectivity index (χ2v) is 4.14. The third-order valence-electron chi connectivity index (χ3n) is 2.30. The van der Waals surface area contributed by atoms with Gasteiger partial charge in [0.1, 0.15) is 11.3 Å². The Balaban J connectivity index is 2.66. The molecule has 0 aliphatic carbocycles. The Labute approximate surface area is 105 Å². The molecule has 0 aromatic heterocycles. The molecule has 0 unspecified atom stereocenters. The molecule has 1 amide bonds. The fourth-order valence-corrected chi connectivity index (χ4v) is 1.34. The molecule has 0 atom stereocenters. The zero-order chi connectivity index (χ0) is 13.7. The van der Waals surface area contributed by atoms with E-state index in [0.29, 0.717) is 18.7 Å². The van der Waals surface area contributed by atoms with Gasteiger partial charge in [0.05, 0.1) is 0 Å². The SMILES string of the molecule is CN(C)CCC(=O)Nc1ccc(C(=O)O)c(O)c1. The molecule has 6 heteroatoms.